The molecular formula is C20H16N6OS. The van der Waals surface area contributed by atoms with Crippen LogP contribution in [0.5, 0.6) is 5.75 Å². The molecule has 0 aliphatic carbocycles. The normalized spacial score (nSPS) is 11.2. The highest BCUT2D eigenvalue weighted by Gasteiger charge is 2.19. The molecular weight excluding hydrogens is 372 g/mol. The first kappa shape index (κ1) is 16.6. The van der Waals surface area contributed by atoms with E-state index in [9.17, 15) is 0 Å². The van der Waals surface area contributed by atoms with Crippen LogP contribution in [0.15, 0.2) is 60.8 Å². The monoisotopic (exact) mass is 388 g/mol. The topological polar surface area (TPSA) is 70.1 Å². The molecule has 0 saturated heterocycles. The fourth-order valence-corrected chi connectivity index (χ4v) is 3.95. The summed E-state index contributed by atoms with van der Waals surface area (Å²) < 4.78 is 8.99. The van der Waals surface area contributed by atoms with Gasteiger partial charge in [0.1, 0.15) is 10.8 Å². The summed E-state index contributed by atoms with van der Waals surface area (Å²) in [5, 5.41) is 18.8. The second-order valence-corrected chi connectivity index (χ2v) is 7.20. The minimum absolute atomic E-state index is 0.681. The summed E-state index contributed by atoms with van der Waals surface area (Å²) in [7, 11) is 1.66. The summed E-state index contributed by atoms with van der Waals surface area (Å²) in [5.41, 5.74) is 3.87. The van der Waals surface area contributed by atoms with E-state index in [1.54, 1.807) is 11.6 Å². The van der Waals surface area contributed by atoms with E-state index < -0.39 is 0 Å². The summed E-state index contributed by atoms with van der Waals surface area (Å²) in [4.78, 5) is 0.736. The molecule has 0 fully saturated rings. The second kappa shape index (κ2) is 6.58. The van der Waals surface area contributed by atoms with Crippen LogP contribution in [0.25, 0.3) is 32.6 Å². The number of ether oxygens (including phenoxy) is 1. The molecule has 0 spiro atoms. The molecule has 138 valence electrons. The minimum atomic E-state index is 0.681. The highest BCUT2D eigenvalue weighted by Crippen LogP contribution is 2.31. The van der Waals surface area contributed by atoms with E-state index in [2.05, 4.69) is 15.3 Å². The quantitative estimate of drug-likeness (QED) is 0.465. The average molecular weight is 388 g/mol. The third-order valence-electron chi connectivity index (χ3n) is 4.56. The third-order valence-corrected chi connectivity index (χ3v) is 5.51. The van der Waals surface area contributed by atoms with E-state index >= 15 is 0 Å². The smallest absolute Gasteiger partial charge is 0.235 e. The van der Waals surface area contributed by atoms with E-state index in [4.69, 9.17) is 9.84 Å². The van der Waals surface area contributed by atoms with Crippen LogP contribution in [0.2, 0.25) is 0 Å². The van der Waals surface area contributed by atoms with Gasteiger partial charge >= 0.3 is 0 Å². The summed E-state index contributed by atoms with van der Waals surface area (Å²) in [5.74, 6) is 1.48. The Morgan fingerprint density at radius 2 is 1.86 bits per heavy atom. The van der Waals surface area contributed by atoms with Gasteiger partial charge in [0, 0.05) is 5.56 Å². The molecule has 0 unspecified atom stereocenters. The number of aromatic nitrogens is 6. The lowest BCUT2D eigenvalue weighted by molar-refractivity contribution is 0.415. The van der Waals surface area contributed by atoms with Gasteiger partial charge in [0.05, 0.1) is 30.3 Å². The number of hydrogen-bond donors (Lipinski definition) is 0. The molecule has 5 aromatic rings. The molecule has 2 aromatic carbocycles. The van der Waals surface area contributed by atoms with Crippen LogP contribution in [0.4, 0.5) is 0 Å². The molecule has 0 saturated carbocycles. The van der Waals surface area contributed by atoms with Gasteiger partial charge in [-0.2, -0.15) is 14.7 Å². The number of hydrogen-bond acceptors (Lipinski definition) is 6. The molecule has 0 atom stereocenters. The number of methoxy groups -OCH3 is 1. The molecule has 0 aliphatic rings. The van der Waals surface area contributed by atoms with Gasteiger partial charge in [-0.15, -0.1) is 10.2 Å². The Kier molecular flexibility index (Phi) is 3.91. The lowest BCUT2D eigenvalue weighted by Gasteiger charge is -2.04. The van der Waals surface area contributed by atoms with Crippen LogP contribution < -0.4 is 4.74 Å². The van der Waals surface area contributed by atoms with E-state index in [1.807, 2.05) is 72.4 Å². The largest absolute Gasteiger partial charge is 0.497 e. The fourth-order valence-electron chi connectivity index (χ4n) is 3.12. The first-order valence-electron chi connectivity index (χ1n) is 8.71. The van der Waals surface area contributed by atoms with Gasteiger partial charge < -0.3 is 4.74 Å². The number of rotatable bonds is 4. The zero-order valence-electron chi connectivity index (χ0n) is 15.3. The molecule has 28 heavy (non-hydrogen) atoms. The lowest BCUT2D eigenvalue weighted by Crippen LogP contribution is -1.99. The second-order valence-electron chi connectivity index (χ2n) is 6.25. The highest BCUT2D eigenvalue weighted by molar-refractivity contribution is 7.19. The van der Waals surface area contributed by atoms with Crippen LogP contribution in [0.1, 0.15) is 5.69 Å². The number of benzene rings is 2. The molecule has 5 rings (SSSR count). The molecule has 0 N–H and O–H groups in total. The predicted molar refractivity (Wildman–Crippen MR) is 108 cm³/mol. The van der Waals surface area contributed by atoms with Crippen molar-refractivity contribution in [3.8, 4) is 33.4 Å². The van der Waals surface area contributed by atoms with E-state index in [1.165, 1.54) is 11.3 Å². The molecule has 3 heterocycles. The number of fused-ring (bicyclic) bond motifs is 1. The molecule has 0 bridgehead atoms. The van der Waals surface area contributed by atoms with Gasteiger partial charge in [-0.05, 0) is 31.2 Å². The van der Waals surface area contributed by atoms with Crippen LogP contribution in [0.3, 0.4) is 0 Å². The molecule has 0 aliphatic heterocycles. The van der Waals surface area contributed by atoms with Crippen LogP contribution in [0, 0.1) is 6.92 Å². The van der Waals surface area contributed by atoms with Crippen LogP contribution >= 0.6 is 11.3 Å². The van der Waals surface area contributed by atoms with E-state index in [0.29, 0.717) is 5.82 Å². The first-order chi connectivity index (χ1) is 13.7. The highest BCUT2D eigenvalue weighted by atomic mass is 32.1. The van der Waals surface area contributed by atoms with E-state index in [0.717, 1.165) is 38.2 Å². The Morgan fingerprint density at radius 1 is 1.00 bits per heavy atom. The predicted octanol–water partition coefficient (Wildman–Crippen LogP) is 4.02. The summed E-state index contributed by atoms with van der Waals surface area (Å²) in [6, 6.07) is 17.8. The maximum absolute atomic E-state index is 5.32. The molecule has 0 radical (unpaired) electrons. The molecule has 0 amide bonds. The van der Waals surface area contributed by atoms with Crippen molar-refractivity contribution in [3.63, 3.8) is 0 Å². The Morgan fingerprint density at radius 3 is 2.68 bits per heavy atom. The van der Waals surface area contributed by atoms with E-state index in [-0.39, 0.29) is 0 Å². The van der Waals surface area contributed by atoms with Gasteiger partial charge in [0.2, 0.25) is 4.96 Å². The Labute approximate surface area is 164 Å². The molecule has 8 heteroatoms. The number of nitrogens with zero attached hydrogens (tertiary/aromatic N) is 6. The van der Waals surface area contributed by atoms with Gasteiger partial charge in [-0.1, -0.05) is 41.7 Å². The maximum Gasteiger partial charge on any atom is 0.235 e. The Bertz CT molecular complexity index is 1270. The van der Waals surface area contributed by atoms with Crippen molar-refractivity contribution in [3.05, 3.63) is 66.5 Å². The van der Waals surface area contributed by atoms with Crippen LogP contribution in [-0.2, 0) is 0 Å². The van der Waals surface area contributed by atoms with Gasteiger partial charge in [-0.3, -0.25) is 0 Å². The van der Waals surface area contributed by atoms with Crippen molar-refractivity contribution in [2.24, 2.45) is 0 Å². The fraction of sp³-hybridized carbons (Fsp3) is 0.100. The third kappa shape index (κ3) is 2.66. The zero-order valence-corrected chi connectivity index (χ0v) is 16.1. The summed E-state index contributed by atoms with van der Waals surface area (Å²) >= 11 is 1.49. The van der Waals surface area contributed by atoms with Gasteiger partial charge in [0.15, 0.2) is 5.82 Å². The standard InChI is InChI=1S/C20H16N6OS/c1-13-17(12-21-25(13)15-8-4-3-5-9-15)18-22-23-20-26(18)24-19(28-20)14-7-6-10-16(11-14)27-2/h3-12H,1-2H3. The van der Waals surface area contributed by atoms with Crippen molar-refractivity contribution in [1.29, 1.82) is 0 Å². The first-order valence-corrected chi connectivity index (χ1v) is 9.53. The van der Waals surface area contributed by atoms with Crippen molar-refractivity contribution in [1.82, 2.24) is 29.6 Å². The van der Waals surface area contributed by atoms with Gasteiger partial charge in [0.25, 0.3) is 0 Å². The number of para-hydroxylation sites is 1. The zero-order chi connectivity index (χ0) is 19.1. The van der Waals surface area contributed by atoms with Crippen molar-refractivity contribution in [2.45, 2.75) is 6.92 Å². The van der Waals surface area contributed by atoms with Gasteiger partial charge in [-0.25, -0.2) is 4.68 Å². The Hall–Kier alpha value is -3.52. The molecule has 3 aromatic heterocycles. The average Bonchev–Trinajstić information content (AvgIpc) is 3.43. The SMILES string of the molecule is COc1cccc(-c2nn3c(-c4cnn(-c5ccccc5)c4C)nnc3s2)c1. The lowest BCUT2D eigenvalue weighted by atomic mass is 10.2. The van der Waals surface area contributed by atoms with Crippen molar-refractivity contribution < 1.29 is 4.74 Å². The minimum Gasteiger partial charge on any atom is -0.497 e. The summed E-state index contributed by atoms with van der Waals surface area (Å²) in [6.07, 6.45) is 1.81. The van der Waals surface area contributed by atoms with Crippen molar-refractivity contribution in [2.75, 3.05) is 7.11 Å². The van der Waals surface area contributed by atoms with Crippen molar-refractivity contribution >= 4 is 16.3 Å². The van der Waals surface area contributed by atoms with Crippen LogP contribution in [-0.4, -0.2) is 36.7 Å². The summed E-state index contributed by atoms with van der Waals surface area (Å²) in [6.45, 7) is 2.02. The molecule has 7 nitrogen and oxygen atoms in total. The Balaban J connectivity index is 1.59. The maximum atomic E-state index is 5.32.